The Bertz CT molecular complexity index is 767. The fourth-order valence-corrected chi connectivity index (χ4v) is 4.28. The summed E-state index contributed by atoms with van der Waals surface area (Å²) < 4.78 is 5.49. The summed E-state index contributed by atoms with van der Waals surface area (Å²) in [7, 11) is 3.52. The molecule has 0 bridgehead atoms. The van der Waals surface area contributed by atoms with E-state index in [4.69, 9.17) is 4.74 Å². The van der Waals surface area contributed by atoms with Crippen molar-refractivity contribution >= 4 is 22.3 Å². The topological polar surface area (TPSA) is 61.8 Å². The van der Waals surface area contributed by atoms with Gasteiger partial charge >= 0.3 is 0 Å². The smallest absolute Gasteiger partial charge is 0.191 e. The number of pyridine rings is 1. The van der Waals surface area contributed by atoms with Crippen LogP contribution in [-0.4, -0.2) is 44.2 Å². The molecule has 2 N–H and O–H groups in total. The van der Waals surface area contributed by atoms with E-state index in [0.29, 0.717) is 12.6 Å². The third-order valence-corrected chi connectivity index (χ3v) is 5.98. The molecule has 7 heteroatoms. The standard InChI is InChI=1S/C20H29N5OS/c1-14-12-22-17(15(2)19(14)26-4)13-23-20(21-3)24-16-7-9-25(10-8-16)18-6-5-11-27-18/h5-6,11-12,16H,7-10,13H2,1-4H3,(H2,21,23,24). The second-order valence-corrected chi connectivity index (χ2v) is 7.76. The molecule has 1 saturated heterocycles. The molecule has 0 atom stereocenters. The van der Waals surface area contributed by atoms with Gasteiger partial charge in [0.15, 0.2) is 5.96 Å². The first-order valence-corrected chi connectivity index (χ1v) is 10.2. The molecule has 3 heterocycles. The number of aryl methyl sites for hydroxylation is 1. The first kappa shape index (κ1) is 19.5. The van der Waals surface area contributed by atoms with Gasteiger partial charge in [0.05, 0.1) is 24.3 Å². The molecule has 0 unspecified atom stereocenters. The fraction of sp³-hybridized carbons (Fsp3) is 0.500. The lowest BCUT2D eigenvalue weighted by atomic mass is 10.1. The van der Waals surface area contributed by atoms with Crippen LogP contribution in [0.4, 0.5) is 5.00 Å². The van der Waals surface area contributed by atoms with E-state index in [9.17, 15) is 0 Å². The summed E-state index contributed by atoms with van der Waals surface area (Å²) in [6, 6.07) is 4.75. The number of hydrogen-bond acceptors (Lipinski definition) is 5. The van der Waals surface area contributed by atoms with Crippen molar-refractivity contribution in [3.63, 3.8) is 0 Å². The molecule has 3 rings (SSSR count). The van der Waals surface area contributed by atoms with Crippen LogP contribution in [0.2, 0.25) is 0 Å². The molecule has 27 heavy (non-hydrogen) atoms. The van der Waals surface area contributed by atoms with Crippen LogP contribution in [0.15, 0.2) is 28.7 Å². The van der Waals surface area contributed by atoms with Gasteiger partial charge in [-0.25, -0.2) is 0 Å². The number of nitrogens with one attached hydrogen (secondary N) is 2. The molecular weight excluding hydrogens is 358 g/mol. The Morgan fingerprint density at radius 2 is 2.15 bits per heavy atom. The van der Waals surface area contributed by atoms with Gasteiger partial charge in [0, 0.05) is 43.5 Å². The molecule has 0 spiro atoms. The normalized spacial score (nSPS) is 15.7. The number of rotatable bonds is 5. The molecule has 6 nitrogen and oxygen atoms in total. The summed E-state index contributed by atoms with van der Waals surface area (Å²) in [6.07, 6.45) is 4.07. The Labute approximate surface area is 165 Å². The highest BCUT2D eigenvalue weighted by Crippen LogP contribution is 2.25. The van der Waals surface area contributed by atoms with Gasteiger partial charge in [-0.15, -0.1) is 11.3 Å². The summed E-state index contributed by atoms with van der Waals surface area (Å²) in [4.78, 5) is 11.4. The van der Waals surface area contributed by atoms with Crippen molar-refractivity contribution in [1.82, 2.24) is 15.6 Å². The minimum Gasteiger partial charge on any atom is -0.496 e. The van der Waals surface area contributed by atoms with E-state index in [2.05, 4.69) is 43.0 Å². The van der Waals surface area contributed by atoms with Crippen molar-refractivity contribution in [2.24, 2.45) is 4.99 Å². The van der Waals surface area contributed by atoms with Crippen molar-refractivity contribution in [2.45, 2.75) is 39.3 Å². The van der Waals surface area contributed by atoms with E-state index >= 15 is 0 Å². The SMILES string of the molecule is CN=C(NCc1ncc(C)c(OC)c1C)NC1CCN(c2cccs2)CC1. The first-order valence-electron chi connectivity index (χ1n) is 9.37. The molecule has 1 aliphatic heterocycles. The molecule has 0 amide bonds. The van der Waals surface area contributed by atoms with Gasteiger partial charge in [-0.1, -0.05) is 0 Å². The lowest BCUT2D eigenvalue weighted by Gasteiger charge is -2.33. The molecule has 1 aliphatic rings. The summed E-state index contributed by atoms with van der Waals surface area (Å²) in [5.41, 5.74) is 3.11. The average Bonchev–Trinajstić information content (AvgIpc) is 3.22. The molecule has 2 aromatic heterocycles. The van der Waals surface area contributed by atoms with E-state index in [1.54, 1.807) is 7.11 Å². The number of guanidine groups is 1. The van der Waals surface area contributed by atoms with Gasteiger partial charge in [-0.3, -0.25) is 9.98 Å². The highest BCUT2D eigenvalue weighted by Gasteiger charge is 2.20. The van der Waals surface area contributed by atoms with Crippen LogP contribution in [0.3, 0.4) is 0 Å². The first-order chi connectivity index (χ1) is 13.1. The maximum Gasteiger partial charge on any atom is 0.191 e. The Kier molecular flexibility index (Phi) is 6.55. The van der Waals surface area contributed by atoms with Crippen LogP contribution in [0.25, 0.3) is 0 Å². The molecule has 0 aromatic carbocycles. The van der Waals surface area contributed by atoms with Crippen molar-refractivity contribution in [2.75, 3.05) is 32.1 Å². The van der Waals surface area contributed by atoms with Gasteiger partial charge in [0.2, 0.25) is 0 Å². The number of methoxy groups -OCH3 is 1. The van der Waals surface area contributed by atoms with Crippen molar-refractivity contribution in [1.29, 1.82) is 0 Å². The zero-order valence-corrected chi connectivity index (χ0v) is 17.4. The number of aliphatic imine (C=N–C) groups is 1. The zero-order valence-electron chi connectivity index (χ0n) is 16.6. The molecule has 0 aliphatic carbocycles. The van der Waals surface area contributed by atoms with Crippen LogP contribution in [0, 0.1) is 13.8 Å². The molecule has 146 valence electrons. The van der Waals surface area contributed by atoms with Crippen molar-refractivity contribution < 1.29 is 4.74 Å². The van der Waals surface area contributed by atoms with E-state index in [1.807, 2.05) is 38.4 Å². The second-order valence-electron chi connectivity index (χ2n) is 6.83. The second kappa shape index (κ2) is 9.08. The maximum absolute atomic E-state index is 5.49. The molecule has 2 aromatic rings. The summed E-state index contributed by atoms with van der Waals surface area (Å²) in [5.74, 6) is 1.73. The lowest BCUT2D eigenvalue weighted by Crippen LogP contribution is -2.48. The Hall–Kier alpha value is -2.28. The molecule has 0 radical (unpaired) electrons. The number of hydrogen-bond donors (Lipinski definition) is 2. The fourth-order valence-electron chi connectivity index (χ4n) is 3.50. The highest BCUT2D eigenvalue weighted by molar-refractivity contribution is 7.14. The number of nitrogens with zero attached hydrogens (tertiary/aromatic N) is 3. The van der Waals surface area contributed by atoms with Crippen LogP contribution < -0.4 is 20.3 Å². The predicted molar refractivity (Wildman–Crippen MR) is 113 cm³/mol. The minimum atomic E-state index is 0.439. The Morgan fingerprint density at radius 3 is 2.78 bits per heavy atom. The van der Waals surface area contributed by atoms with Crippen LogP contribution >= 0.6 is 11.3 Å². The van der Waals surface area contributed by atoms with E-state index in [1.165, 1.54) is 5.00 Å². The Morgan fingerprint density at radius 1 is 1.37 bits per heavy atom. The third kappa shape index (κ3) is 4.71. The number of aromatic nitrogens is 1. The number of piperidine rings is 1. The van der Waals surface area contributed by atoms with Gasteiger partial charge in [0.1, 0.15) is 5.75 Å². The molecule has 1 fully saturated rings. The van der Waals surface area contributed by atoms with Gasteiger partial charge in [-0.05, 0) is 44.2 Å². The monoisotopic (exact) mass is 387 g/mol. The van der Waals surface area contributed by atoms with Crippen molar-refractivity contribution in [3.8, 4) is 5.75 Å². The van der Waals surface area contributed by atoms with E-state index < -0.39 is 0 Å². The maximum atomic E-state index is 5.49. The van der Waals surface area contributed by atoms with Crippen LogP contribution in [0.5, 0.6) is 5.75 Å². The summed E-state index contributed by atoms with van der Waals surface area (Å²) in [6.45, 7) is 6.83. The summed E-state index contributed by atoms with van der Waals surface area (Å²) in [5, 5.41) is 10.5. The highest BCUT2D eigenvalue weighted by atomic mass is 32.1. The average molecular weight is 388 g/mol. The zero-order chi connectivity index (χ0) is 19.2. The van der Waals surface area contributed by atoms with E-state index in [0.717, 1.165) is 54.5 Å². The lowest BCUT2D eigenvalue weighted by molar-refractivity contribution is 0.406. The number of ether oxygens (including phenoxy) is 1. The van der Waals surface area contributed by atoms with Crippen molar-refractivity contribution in [3.05, 3.63) is 40.5 Å². The van der Waals surface area contributed by atoms with Gasteiger partial charge < -0.3 is 20.3 Å². The Balaban J connectivity index is 1.52. The third-order valence-electron chi connectivity index (χ3n) is 5.05. The largest absolute Gasteiger partial charge is 0.496 e. The minimum absolute atomic E-state index is 0.439. The summed E-state index contributed by atoms with van der Waals surface area (Å²) >= 11 is 1.81. The molecule has 0 saturated carbocycles. The van der Waals surface area contributed by atoms with Crippen LogP contribution in [0.1, 0.15) is 29.7 Å². The van der Waals surface area contributed by atoms with Gasteiger partial charge in [0.25, 0.3) is 0 Å². The number of thiophene rings is 1. The quantitative estimate of drug-likeness (QED) is 0.610. The van der Waals surface area contributed by atoms with Crippen LogP contribution in [-0.2, 0) is 6.54 Å². The number of anilines is 1. The van der Waals surface area contributed by atoms with E-state index in [-0.39, 0.29) is 0 Å². The molecular formula is C20H29N5OS. The predicted octanol–water partition coefficient (Wildman–Crippen LogP) is 3.10. The van der Waals surface area contributed by atoms with Gasteiger partial charge in [-0.2, -0.15) is 0 Å².